The fourth-order valence-corrected chi connectivity index (χ4v) is 5.98. The van der Waals surface area contributed by atoms with Crippen LogP contribution in [0.1, 0.15) is 61.1 Å². The largest absolute Gasteiger partial charge is 0.455 e. The summed E-state index contributed by atoms with van der Waals surface area (Å²) in [6.45, 7) is 24.1. The van der Waals surface area contributed by atoms with Crippen LogP contribution in [0.5, 0.6) is 0 Å². The van der Waals surface area contributed by atoms with Gasteiger partial charge >= 0.3 is 5.97 Å². The van der Waals surface area contributed by atoms with E-state index in [0.717, 1.165) is 0 Å². The third-order valence-electron chi connectivity index (χ3n) is 8.15. The Morgan fingerprint density at radius 3 is 2.27 bits per heavy atom. The topological polar surface area (TPSA) is 124 Å². The zero-order valence-electron chi connectivity index (χ0n) is 24.3. The summed E-state index contributed by atoms with van der Waals surface area (Å²) < 4.78 is 28.0. The van der Waals surface area contributed by atoms with Crippen LogP contribution in [0.3, 0.4) is 0 Å². The molecule has 37 heavy (non-hydrogen) atoms. The Morgan fingerprint density at radius 1 is 1.08 bits per heavy atom. The minimum absolute atomic E-state index is 0.0316. The van der Waals surface area contributed by atoms with Gasteiger partial charge in [-0.05, 0) is 36.3 Å². The Balaban J connectivity index is 2.07. The molecule has 1 fully saturated rings. The lowest BCUT2D eigenvalue weighted by Crippen LogP contribution is -2.51. The van der Waals surface area contributed by atoms with E-state index in [1.165, 1.54) is 6.33 Å². The van der Waals surface area contributed by atoms with Gasteiger partial charge in [0.25, 0.3) is 0 Å². The van der Waals surface area contributed by atoms with Crippen LogP contribution >= 0.6 is 0 Å². The van der Waals surface area contributed by atoms with Crippen molar-refractivity contribution in [2.45, 2.75) is 116 Å². The molecule has 12 heteroatoms. The van der Waals surface area contributed by atoms with Gasteiger partial charge in [0.05, 0.1) is 12.9 Å². The van der Waals surface area contributed by atoms with Crippen molar-refractivity contribution in [2.24, 2.45) is 0 Å². The van der Waals surface area contributed by atoms with Crippen molar-refractivity contribution in [1.29, 1.82) is 0 Å². The summed E-state index contributed by atoms with van der Waals surface area (Å²) in [5, 5.41) is -0.0253. The van der Waals surface area contributed by atoms with Crippen LogP contribution in [0.15, 0.2) is 12.7 Å². The number of carbonyl (C=O) groups excluding carboxylic acids is 1. The molecule has 2 N–H and O–H groups in total. The average Bonchev–Trinajstić information content (AvgIpc) is 3.33. The van der Waals surface area contributed by atoms with Crippen molar-refractivity contribution in [3.05, 3.63) is 12.7 Å². The van der Waals surface area contributed by atoms with Gasteiger partial charge in [-0.15, -0.1) is 0 Å². The molecule has 0 aromatic carbocycles. The van der Waals surface area contributed by atoms with Gasteiger partial charge in [-0.3, -0.25) is 9.36 Å². The molecule has 0 spiro atoms. The molecule has 1 aliphatic rings. The molecular weight excluding hydrogens is 508 g/mol. The minimum Gasteiger partial charge on any atom is -0.455 e. The molecule has 3 heterocycles. The maximum absolute atomic E-state index is 12.6. The molecule has 0 amide bonds. The number of fused-ring (bicyclic) bond motifs is 1. The smallest absolute Gasteiger partial charge is 0.306 e. The number of nitrogen functional groups attached to an aromatic ring is 1. The average molecular weight is 554 g/mol. The van der Waals surface area contributed by atoms with E-state index in [1.54, 1.807) is 17.8 Å². The minimum atomic E-state index is -2.29. The number of nitrogens with zero attached hydrogens (tertiary/aromatic N) is 4. The molecule has 10 nitrogen and oxygen atoms in total. The quantitative estimate of drug-likeness (QED) is 0.272. The highest BCUT2D eigenvalue weighted by atomic mass is 28.4. The molecule has 2 aromatic rings. The fraction of sp³-hybridized carbons (Fsp3) is 0.760. The lowest BCUT2D eigenvalue weighted by Gasteiger charge is -2.41. The molecule has 4 atom stereocenters. The normalized spacial score (nSPS) is 23.5. The summed E-state index contributed by atoms with van der Waals surface area (Å²) >= 11 is 0. The van der Waals surface area contributed by atoms with Crippen LogP contribution in [-0.4, -0.2) is 67.0 Å². The highest BCUT2D eigenvalue weighted by Gasteiger charge is 2.53. The number of esters is 1. The molecule has 0 unspecified atom stereocenters. The molecule has 0 bridgehead atoms. The van der Waals surface area contributed by atoms with E-state index in [1.807, 2.05) is 0 Å². The number of ether oxygens (including phenoxy) is 2. The molecule has 0 aliphatic carbocycles. The standard InChI is InChI=1S/C25H45N5O5Si2/c1-12-17(31)34-20-19(35-37(10,11)25(5,6)7)16(13-32-36(8,9)24(2,3)4)33-23(20)30-15-29-18-21(26)27-14-28-22(18)30/h14-16,19-20,23H,12-13H2,1-11H3,(H2,26,27,28)/t16-,19-,20-,23-/m1/s1/i34+2. The van der Waals surface area contributed by atoms with Gasteiger partial charge in [-0.25, -0.2) is 15.0 Å². The number of hydrogen-bond acceptors (Lipinski definition) is 9. The predicted octanol–water partition coefficient (Wildman–Crippen LogP) is 5.04. The molecule has 2 aromatic heterocycles. The van der Waals surface area contributed by atoms with E-state index in [0.29, 0.717) is 17.8 Å². The Labute approximate surface area is 222 Å². The number of imidazole rings is 1. The van der Waals surface area contributed by atoms with Crippen molar-refractivity contribution < 1.29 is 23.1 Å². The number of anilines is 1. The van der Waals surface area contributed by atoms with Crippen molar-refractivity contribution in [3.8, 4) is 0 Å². The first kappa shape index (κ1) is 29.7. The highest BCUT2D eigenvalue weighted by Crippen LogP contribution is 2.44. The van der Waals surface area contributed by atoms with Crippen molar-refractivity contribution >= 4 is 39.6 Å². The third kappa shape index (κ3) is 6.08. The highest BCUT2D eigenvalue weighted by molar-refractivity contribution is 6.74. The first-order valence-electron chi connectivity index (χ1n) is 13.0. The first-order valence-corrected chi connectivity index (χ1v) is 18.8. The van der Waals surface area contributed by atoms with Crippen LogP contribution < -0.4 is 5.73 Å². The van der Waals surface area contributed by atoms with Crippen molar-refractivity contribution in [3.63, 3.8) is 0 Å². The molecule has 1 aliphatic heterocycles. The Kier molecular flexibility index (Phi) is 8.31. The lowest BCUT2D eigenvalue weighted by molar-refractivity contribution is -0.157. The van der Waals surface area contributed by atoms with Gasteiger partial charge in [0, 0.05) is 6.42 Å². The van der Waals surface area contributed by atoms with Crippen LogP contribution in [0.2, 0.25) is 36.3 Å². The lowest BCUT2D eigenvalue weighted by atomic mass is 10.1. The van der Waals surface area contributed by atoms with Gasteiger partial charge in [-0.1, -0.05) is 48.5 Å². The van der Waals surface area contributed by atoms with Gasteiger partial charge in [0.2, 0.25) is 0 Å². The summed E-state index contributed by atoms with van der Waals surface area (Å²) in [5.41, 5.74) is 7.01. The van der Waals surface area contributed by atoms with Gasteiger partial charge < -0.3 is 24.1 Å². The summed E-state index contributed by atoms with van der Waals surface area (Å²) in [5.74, 6) is -0.0531. The van der Waals surface area contributed by atoms with Gasteiger partial charge in [0.1, 0.15) is 24.1 Å². The van der Waals surface area contributed by atoms with E-state index >= 15 is 0 Å². The van der Waals surface area contributed by atoms with Crippen molar-refractivity contribution in [1.82, 2.24) is 19.5 Å². The van der Waals surface area contributed by atoms with E-state index in [2.05, 4.69) is 82.7 Å². The second kappa shape index (κ2) is 10.4. The van der Waals surface area contributed by atoms with Crippen LogP contribution in [0.25, 0.3) is 11.2 Å². The Morgan fingerprint density at radius 2 is 1.70 bits per heavy atom. The van der Waals surface area contributed by atoms with E-state index in [4.69, 9.17) is 24.1 Å². The Hall–Kier alpha value is -1.87. The molecule has 0 radical (unpaired) electrons. The van der Waals surface area contributed by atoms with Crippen LogP contribution in [0, 0.1) is 0 Å². The zero-order chi connectivity index (χ0) is 28.0. The second-order valence-electron chi connectivity index (χ2n) is 12.9. The Bertz CT molecular complexity index is 1110. The fourth-order valence-electron chi connectivity index (χ4n) is 3.65. The number of carbonyl (C=O) groups is 1. The number of hydrogen-bond donors (Lipinski definition) is 1. The predicted molar refractivity (Wildman–Crippen MR) is 149 cm³/mol. The van der Waals surface area contributed by atoms with E-state index in [-0.39, 0.29) is 28.3 Å². The van der Waals surface area contributed by atoms with Crippen molar-refractivity contribution in [2.75, 3.05) is 12.3 Å². The summed E-state index contributed by atoms with van der Waals surface area (Å²) in [6, 6.07) is 0. The van der Waals surface area contributed by atoms with E-state index < -0.39 is 41.2 Å². The van der Waals surface area contributed by atoms with Crippen LogP contribution in [-0.2, 0) is 23.1 Å². The monoisotopic (exact) mass is 553 g/mol. The number of aromatic nitrogens is 4. The number of nitrogens with two attached hydrogens (primary N) is 1. The molecule has 208 valence electrons. The summed E-state index contributed by atoms with van der Waals surface area (Å²) in [6.07, 6.45) is 0.816. The second-order valence-corrected chi connectivity index (χ2v) is 22.4. The maximum Gasteiger partial charge on any atom is 0.306 e. The molecular formula is C25H45N5O5Si2. The summed E-state index contributed by atoms with van der Waals surface area (Å²) in [4.78, 5) is 25.5. The molecule has 1 saturated heterocycles. The molecule has 3 rings (SSSR count). The van der Waals surface area contributed by atoms with Crippen LogP contribution in [0.4, 0.5) is 5.82 Å². The summed E-state index contributed by atoms with van der Waals surface area (Å²) in [7, 11) is -4.38. The first-order chi connectivity index (χ1) is 16.9. The molecule has 0 saturated carbocycles. The maximum atomic E-state index is 12.6. The third-order valence-corrected chi connectivity index (χ3v) is 17.1. The van der Waals surface area contributed by atoms with Gasteiger partial charge in [-0.2, -0.15) is 0 Å². The SMILES string of the molecule is CCC(=O)[18O][C@@H]1[C@H](O[Si](C)(C)C(C)(C)C)[C@@H](CO[Si](C)(C)C(C)(C)C)O[C@H]1n1cnc2c(N)ncnc21. The zero-order valence-corrected chi connectivity index (χ0v) is 26.3. The van der Waals surface area contributed by atoms with Gasteiger partial charge in [0.15, 0.2) is 40.4 Å². The van der Waals surface area contributed by atoms with E-state index in [9.17, 15) is 4.79 Å². The number of rotatable bonds is 8.